The SMILES string of the molecule is O=C(NCCN1CCOCC1)C1(c2ccccc2)CCOCC1. The summed E-state index contributed by atoms with van der Waals surface area (Å²) in [5.74, 6) is 0.139. The molecule has 0 radical (unpaired) electrons. The van der Waals surface area contributed by atoms with Crippen molar-refractivity contribution in [1.29, 1.82) is 0 Å². The van der Waals surface area contributed by atoms with Gasteiger partial charge in [-0.05, 0) is 18.4 Å². The normalized spacial score (nSPS) is 21.7. The molecule has 2 aliphatic heterocycles. The van der Waals surface area contributed by atoms with Crippen molar-refractivity contribution < 1.29 is 14.3 Å². The van der Waals surface area contributed by atoms with Gasteiger partial charge in [-0.1, -0.05) is 30.3 Å². The summed E-state index contributed by atoms with van der Waals surface area (Å²) < 4.78 is 10.8. The molecular weight excluding hydrogens is 292 g/mol. The predicted octanol–water partition coefficient (Wildman–Crippen LogP) is 1.18. The monoisotopic (exact) mass is 318 g/mol. The first kappa shape index (κ1) is 16.4. The molecule has 3 rings (SSSR count). The van der Waals surface area contributed by atoms with E-state index >= 15 is 0 Å². The van der Waals surface area contributed by atoms with Crippen LogP contribution in [-0.2, 0) is 19.7 Å². The molecule has 1 aromatic rings. The van der Waals surface area contributed by atoms with Gasteiger partial charge in [0.25, 0.3) is 0 Å². The van der Waals surface area contributed by atoms with Crippen LogP contribution in [0.1, 0.15) is 18.4 Å². The first-order valence-electron chi connectivity index (χ1n) is 8.53. The molecule has 23 heavy (non-hydrogen) atoms. The van der Waals surface area contributed by atoms with E-state index in [2.05, 4.69) is 22.3 Å². The second-order valence-corrected chi connectivity index (χ2v) is 6.27. The first-order valence-corrected chi connectivity index (χ1v) is 8.53. The number of amides is 1. The van der Waals surface area contributed by atoms with Crippen LogP contribution in [0.4, 0.5) is 0 Å². The van der Waals surface area contributed by atoms with E-state index in [0.717, 1.165) is 51.3 Å². The Hall–Kier alpha value is -1.43. The van der Waals surface area contributed by atoms with E-state index in [-0.39, 0.29) is 5.91 Å². The zero-order chi connectivity index (χ0) is 16.0. The van der Waals surface area contributed by atoms with Gasteiger partial charge in [0, 0.05) is 39.4 Å². The number of nitrogens with zero attached hydrogens (tertiary/aromatic N) is 1. The fourth-order valence-electron chi connectivity index (χ4n) is 3.45. The standard InChI is InChI=1S/C18H26N2O3/c21-17(19-8-9-20-10-14-23-15-11-20)18(6-12-22-13-7-18)16-4-2-1-3-5-16/h1-5H,6-15H2,(H,19,21). The van der Waals surface area contributed by atoms with Crippen LogP contribution in [0.5, 0.6) is 0 Å². The van der Waals surface area contributed by atoms with Gasteiger partial charge in [0.15, 0.2) is 0 Å². The molecule has 2 heterocycles. The lowest BCUT2D eigenvalue weighted by molar-refractivity contribution is -0.130. The largest absolute Gasteiger partial charge is 0.381 e. The zero-order valence-electron chi connectivity index (χ0n) is 13.6. The summed E-state index contributed by atoms with van der Waals surface area (Å²) in [6, 6.07) is 10.1. The van der Waals surface area contributed by atoms with E-state index < -0.39 is 5.41 Å². The molecule has 0 saturated carbocycles. The number of carbonyl (C=O) groups is 1. The molecule has 5 heteroatoms. The van der Waals surface area contributed by atoms with Crippen LogP contribution >= 0.6 is 0 Å². The quantitative estimate of drug-likeness (QED) is 0.886. The molecule has 126 valence electrons. The highest BCUT2D eigenvalue weighted by atomic mass is 16.5. The lowest BCUT2D eigenvalue weighted by Gasteiger charge is -2.36. The summed E-state index contributed by atoms with van der Waals surface area (Å²) in [6.45, 7) is 6.35. The second-order valence-electron chi connectivity index (χ2n) is 6.27. The van der Waals surface area contributed by atoms with Crippen LogP contribution in [-0.4, -0.2) is 63.4 Å². The Morgan fingerprint density at radius 1 is 1.04 bits per heavy atom. The van der Waals surface area contributed by atoms with Gasteiger partial charge in [0.2, 0.25) is 5.91 Å². The van der Waals surface area contributed by atoms with Crippen molar-refractivity contribution in [3.63, 3.8) is 0 Å². The Morgan fingerprint density at radius 2 is 1.70 bits per heavy atom. The Morgan fingerprint density at radius 3 is 2.39 bits per heavy atom. The minimum Gasteiger partial charge on any atom is -0.381 e. The number of rotatable bonds is 5. The second kappa shape index (κ2) is 7.90. The molecule has 2 saturated heterocycles. The van der Waals surface area contributed by atoms with Crippen molar-refractivity contribution in [3.05, 3.63) is 35.9 Å². The maximum atomic E-state index is 13.0. The highest BCUT2D eigenvalue weighted by Gasteiger charge is 2.41. The molecule has 0 spiro atoms. The fraction of sp³-hybridized carbons (Fsp3) is 0.611. The maximum Gasteiger partial charge on any atom is 0.230 e. The molecule has 2 fully saturated rings. The summed E-state index contributed by atoms with van der Waals surface area (Å²) in [5, 5.41) is 3.16. The number of carbonyl (C=O) groups excluding carboxylic acids is 1. The van der Waals surface area contributed by atoms with Gasteiger partial charge in [0.05, 0.1) is 18.6 Å². The topological polar surface area (TPSA) is 50.8 Å². The number of morpholine rings is 1. The lowest BCUT2D eigenvalue weighted by atomic mass is 9.73. The third kappa shape index (κ3) is 3.91. The van der Waals surface area contributed by atoms with E-state index in [1.54, 1.807) is 0 Å². The number of ether oxygens (including phenoxy) is 2. The van der Waals surface area contributed by atoms with E-state index in [1.807, 2.05) is 18.2 Å². The average Bonchev–Trinajstić information content (AvgIpc) is 2.64. The van der Waals surface area contributed by atoms with Gasteiger partial charge in [-0.2, -0.15) is 0 Å². The van der Waals surface area contributed by atoms with Crippen LogP contribution in [0.25, 0.3) is 0 Å². The number of hydrogen-bond donors (Lipinski definition) is 1. The van der Waals surface area contributed by atoms with Crippen molar-refractivity contribution in [2.45, 2.75) is 18.3 Å². The summed E-state index contributed by atoms with van der Waals surface area (Å²) >= 11 is 0. The zero-order valence-corrected chi connectivity index (χ0v) is 13.6. The van der Waals surface area contributed by atoms with Gasteiger partial charge in [-0.3, -0.25) is 9.69 Å². The van der Waals surface area contributed by atoms with Gasteiger partial charge in [0.1, 0.15) is 0 Å². The number of nitrogens with one attached hydrogen (secondary N) is 1. The fourth-order valence-corrected chi connectivity index (χ4v) is 3.45. The Balaban J connectivity index is 1.61. The average molecular weight is 318 g/mol. The molecule has 0 aliphatic carbocycles. The molecule has 1 N–H and O–H groups in total. The summed E-state index contributed by atoms with van der Waals surface area (Å²) in [7, 11) is 0. The van der Waals surface area contributed by atoms with Crippen LogP contribution in [0.2, 0.25) is 0 Å². The van der Waals surface area contributed by atoms with Crippen molar-refractivity contribution in [2.75, 3.05) is 52.6 Å². The van der Waals surface area contributed by atoms with E-state index in [0.29, 0.717) is 19.8 Å². The smallest absolute Gasteiger partial charge is 0.230 e. The lowest BCUT2D eigenvalue weighted by Crippen LogP contribution is -2.50. The minimum atomic E-state index is -0.440. The Bertz CT molecular complexity index is 494. The Kier molecular flexibility index (Phi) is 5.65. The first-order chi connectivity index (χ1) is 11.3. The van der Waals surface area contributed by atoms with Gasteiger partial charge in [-0.15, -0.1) is 0 Å². The number of hydrogen-bond acceptors (Lipinski definition) is 4. The summed E-state index contributed by atoms with van der Waals surface area (Å²) in [4.78, 5) is 15.3. The van der Waals surface area contributed by atoms with Crippen LogP contribution in [0.15, 0.2) is 30.3 Å². The van der Waals surface area contributed by atoms with Crippen molar-refractivity contribution in [2.24, 2.45) is 0 Å². The molecular formula is C18H26N2O3. The van der Waals surface area contributed by atoms with Crippen LogP contribution in [0.3, 0.4) is 0 Å². The van der Waals surface area contributed by atoms with E-state index in [1.165, 1.54) is 0 Å². The molecule has 0 unspecified atom stereocenters. The maximum absolute atomic E-state index is 13.0. The summed E-state index contributed by atoms with van der Waals surface area (Å²) in [6.07, 6.45) is 1.50. The van der Waals surface area contributed by atoms with E-state index in [9.17, 15) is 4.79 Å². The molecule has 0 atom stereocenters. The van der Waals surface area contributed by atoms with Crippen molar-refractivity contribution in [3.8, 4) is 0 Å². The molecule has 2 aliphatic rings. The molecule has 0 bridgehead atoms. The molecule has 1 aromatic carbocycles. The number of benzene rings is 1. The van der Waals surface area contributed by atoms with Gasteiger partial charge in [-0.25, -0.2) is 0 Å². The highest BCUT2D eigenvalue weighted by molar-refractivity contribution is 5.88. The molecule has 1 amide bonds. The van der Waals surface area contributed by atoms with Crippen molar-refractivity contribution in [1.82, 2.24) is 10.2 Å². The van der Waals surface area contributed by atoms with Crippen molar-refractivity contribution >= 4 is 5.91 Å². The van der Waals surface area contributed by atoms with Crippen LogP contribution < -0.4 is 5.32 Å². The summed E-state index contributed by atoms with van der Waals surface area (Å²) in [5.41, 5.74) is 0.664. The highest BCUT2D eigenvalue weighted by Crippen LogP contribution is 2.35. The van der Waals surface area contributed by atoms with Crippen LogP contribution in [0, 0.1) is 0 Å². The third-order valence-corrected chi connectivity index (χ3v) is 4.92. The molecule has 0 aromatic heterocycles. The van der Waals surface area contributed by atoms with E-state index in [4.69, 9.17) is 9.47 Å². The predicted molar refractivity (Wildman–Crippen MR) is 88.4 cm³/mol. The molecule has 5 nitrogen and oxygen atoms in total. The minimum absolute atomic E-state index is 0.139. The van der Waals surface area contributed by atoms with Gasteiger partial charge < -0.3 is 14.8 Å². The third-order valence-electron chi connectivity index (χ3n) is 4.92. The van der Waals surface area contributed by atoms with Gasteiger partial charge >= 0.3 is 0 Å². The Labute approximate surface area is 137 Å².